The van der Waals surface area contributed by atoms with Crippen molar-refractivity contribution in [1.29, 1.82) is 0 Å². The number of benzene rings is 1. The van der Waals surface area contributed by atoms with Gasteiger partial charge in [0.1, 0.15) is 6.10 Å². The van der Waals surface area contributed by atoms with Gasteiger partial charge in [-0.05, 0) is 36.5 Å². The molecule has 2 rings (SSSR count). The molecule has 3 nitrogen and oxygen atoms in total. The smallest absolute Gasteiger partial charge is 0.117 e. The lowest BCUT2D eigenvalue weighted by molar-refractivity contribution is 0.220. The Labute approximate surface area is 118 Å². The molecule has 0 saturated carbocycles. The highest BCUT2D eigenvalue weighted by Crippen LogP contribution is 2.34. The third-order valence-electron chi connectivity index (χ3n) is 3.19. The van der Waals surface area contributed by atoms with Gasteiger partial charge in [0.2, 0.25) is 0 Å². The average Bonchev–Trinajstić information content (AvgIpc) is 2.76. The molecule has 1 unspecified atom stereocenters. The normalized spacial score (nSPS) is 13.6. The fourth-order valence-corrected chi connectivity index (χ4v) is 3.04. The van der Waals surface area contributed by atoms with Crippen LogP contribution in [0, 0.1) is 13.8 Å². The summed E-state index contributed by atoms with van der Waals surface area (Å²) in [5.41, 5.74) is 4.00. The van der Waals surface area contributed by atoms with E-state index in [1.54, 1.807) is 0 Å². The van der Waals surface area contributed by atoms with Crippen LogP contribution in [0.2, 0.25) is 0 Å². The summed E-state index contributed by atoms with van der Waals surface area (Å²) < 4.78 is 4.01. The van der Waals surface area contributed by atoms with Crippen molar-refractivity contribution >= 4 is 11.5 Å². The van der Waals surface area contributed by atoms with Gasteiger partial charge < -0.3 is 5.11 Å². The maximum atomic E-state index is 10.6. The Morgan fingerprint density at radius 3 is 2.47 bits per heavy atom. The van der Waals surface area contributed by atoms with E-state index in [-0.39, 0.29) is 5.41 Å². The molecule has 0 saturated heterocycles. The maximum Gasteiger partial charge on any atom is 0.117 e. The first-order valence-electron chi connectivity index (χ1n) is 6.38. The molecule has 1 atom stereocenters. The van der Waals surface area contributed by atoms with Crippen molar-refractivity contribution in [2.45, 2.75) is 46.1 Å². The Morgan fingerprint density at radius 2 is 1.89 bits per heavy atom. The first kappa shape index (κ1) is 14.2. The number of nitrogens with zero attached hydrogens (tertiary/aromatic N) is 2. The molecule has 0 aliphatic heterocycles. The lowest BCUT2D eigenvalue weighted by Gasteiger charge is -2.20. The molecule has 102 valence electrons. The van der Waals surface area contributed by atoms with Gasteiger partial charge >= 0.3 is 0 Å². The number of aromatic nitrogens is 2. The topological polar surface area (TPSA) is 46.0 Å². The second-order valence-corrected chi connectivity index (χ2v) is 6.78. The molecule has 1 aromatic heterocycles. The van der Waals surface area contributed by atoms with Crippen LogP contribution in [0.15, 0.2) is 18.2 Å². The summed E-state index contributed by atoms with van der Waals surface area (Å²) in [5.74, 6) is 0. The predicted octanol–water partition coefficient (Wildman–Crippen LogP) is 3.53. The van der Waals surface area contributed by atoms with Crippen molar-refractivity contribution in [2.75, 3.05) is 0 Å². The molecule has 1 N–H and O–H groups in total. The lowest BCUT2D eigenvalue weighted by atomic mass is 9.89. The standard InChI is InChI=1S/C15H20N2OS/c1-9-6-7-11(10(2)8-9)12(18)13-14(15(3,4)5)16-17-19-13/h6-8,12,18H,1-5H3. The van der Waals surface area contributed by atoms with E-state index in [9.17, 15) is 5.11 Å². The Morgan fingerprint density at radius 1 is 1.21 bits per heavy atom. The Bertz CT molecular complexity index is 584. The van der Waals surface area contributed by atoms with Gasteiger partial charge in [-0.2, -0.15) is 0 Å². The summed E-state index contributed by atoms with van der Waals surface area (Å²) in [4.78, 5) is 0.847. The largest absolute Gasteiger partial charge is 0.383 e. The van der Waals surface area contributed by atoms with Gasteiger partial charge in [-0.25, -0.2) is 0 Å². The molecule has 1 aromatic carbocycles. The molecule has 0 aliphatic carbocycles. The van der Waals surface area contributed by atoms with Gasteiger partial charge in [0.25, 0.3) is 0 Å². The SMILES string of the molecule is Cc1ccc(C(O)c2snnc2C(C)(C)C)c(C)c1. The number of rotatable bonds is 2. The minimum atomic E-state index is -0.644. The molecule has 0 amide bonds. The van der Waals surface area contributed by atoms with Gasteiger partial charge in [-0.1, -0.05) is 49.0 Å². The van der Waals surface area contributed by atoms with Crippen LogP contribution in [0.3, 0.4) is 0 Å². The first-order valence-corrected chi connectivity index (χ1v) is 7.16. The van der Waals surface area contributed by atoms with E-state index in [1.165, 1.54) is 17.1 Å². The van der Waals surface area contributed by atoms with E-state index in [2.05, 4.69) is 43.3 Å². The average molecular weight is 276 g/mol. The molecule has 0 aliphatic rings. The van der Waals surface area contributed by atoms with E-state index in [4.69, 9.17) is 0 Å². The van der Waals surface area contributed by atoms with Crippen LogP contribution in [-0.2, 0) is 5.41 Å². The highest BCUT2D eigenvalue weighted by molar-refractivity contribution is 7.05. The number of hydrogen-bond acceptors (Lipinski definition) is 4. The van der Waals surface area contributed by atoms with Crippen molar-refractivity contribution in [3.8, 4) is 0 Å². The molecule has 1 heterocycles. The molecule has 0 radical (unpaired) electrons. The van der Waals surface area contributed by atoms with E-state index in [0.717, 1.165) is 21.7 Å². The van der Waals surface area contributed by atoms with Crippen molar-refractivity contribution in [2.24, 2.45) is 0 Å². The molecule has 2 aromatic rings. The zero-order chi connectivity index (χ0) is 14.2. The molecule has 19 heavy (non-hydrogen) atoms. The fourth-order valence-electron chi connectivity index (χ4n) is 2.17. The van der Waals surface area contributed by atoms with E-state index >= 15 is 0 Å². The second-order valence-electron chi connectivity index (χ2n) is 6.00. The van der Waals surface area contributed by atoms with Crippen LogP contribution in [0.25, 0.3) is 0 Å². The van der Waals surface area contributed by atoms with Crippen LogP contribution in [0.5, 0.6) is 0 Å². The van der Waals surface area contributed by atoms with Crippen molar-refractivity contribution in [3.05, 3.63) is 45.5 Å². The van der Waals surface area contributed by atoms with Crippen LogP contribution >= 0.6 is 11.5 Å². The lowest BCUT2D eigenvalue weighted by Crippen LogP contribution is -2.16. The number of aliphatic hydroxyl groups excluding tert-OH is 1. The van der Waals surface area contributed by atoms with Gasteiger partial charge in [-0.3, -0.25) is 0 Å². The molecule has 0 fully saturated rings. The van der Waals surface area contributed by atoms with Crippen LogP contribution in [-0.4, -0.2) is 14.7 Å². The maximum absolute atomic E-state index is 10.6. The summed E-state index contributed by atoms with van der Waals surface area (Å²) in [5, 5.41) is 14.8. The Balaban J connectivity index is 2.45. The molecule has 4 heteroatoms. The van der Waals surface area contributed by atoms with E-state index in [1.807, 2.05) is 19.1 Å². The summed E-state index contributed by atoms with van der Waals surface area (Å²) in [6.07, 6.45) is -0.644. The zero-order valence-corrected chi connectivity index (χ0v) is 12.9. The molecular weight excluding hydrogens is 256 g/mol. The quantitative estimate of drug-likeness (QED) is 0.912. The highest BCUT2D eigenvalue weighted by atomic mass is 32.1. The van der Waals surface area contributed by atoms with Gasteiger partial charge in [0.15, 0.2) is 0 Å². The minimum Gasteiger partial charge on any atom is -0.383 e. The summed E-state index contributed by atoms with van der Waals surface area (Å²) in [6, 6.07) is 6.10. The molecule has 0 spiro atoms. The fraction of sp³-hybridized carbons (Fsp3) is 0.467. The van der Waals surface area contributed by atoms with Gasteiger partial charge in [0, 0.05) is 5.41 Å². The highest BCUT2D eigenvalue weighted by Gasteiger charge is 2.27. The van der Waals surface area contributed by atoms with Crippen molar-refractivity contribution in [3.63, 3.8) is 0 Å². The zero-order valence-electron chi connectivity index (χ0n) is 12.1. The molecule has 0 bridgehead atoms. The van der Waals surface area contributed by atoms with Gasteiger partial charge in [-0.15, -0.1) is 5.10 Å². The Kier molecular flexibility index (Phi) is 3.74. The van der Waals surface area contributed by atoms with Crippen molar-refractivity contribution in [1.82, 2.24) is 9.59 Å². The summed E-state index contributed by atoms with van der Waals surface area (Å²) >= 11 is 1.28. The van der Waals surface area contributed by atoms with Crippen molar-refractivity contribution < 1.29 is 5.11 Å². The van der Waals surface area contributed by atoms with Crippen LogP contribution < -0.4 is 0 Å². The minimum absolute atomic E-state index is 0.109. The first-order chi connectivity index (χ1) is 8.80. The molecular formula is C15H20N2OS. The van der Waals surface area contributed by atoms with Gasteiger partial charge in [0.05, 0.1) is 10.6 Å². The summed E-state index contributed by atoms with van der Waals surface area (Å²) in [7, 11) is 0. The predicted molar refractivity (Wildman–Crippen MR) is 78.6 cm³/mol. The number of hydrogen-bond donors (Lipinski definition) is 1. The third kappa shape index (κ3) is 2.85. The monoisotopic (exact) mass is 276 g/mol. The van der Waals surface area contributed by atoms with Crippen LogP contribution in [0.1, 0.15) is 54.1 Å². The summed E-state index contributed by atoms with van der Waals surface area (Å²) in [6.45, 7) is 10.3. The third-order valence-corrected chi connectivity index (χ3v) is 3.97. The van der Waals surface area contributed by atoms with Crippen LogP contribution in [0.4, 0.5) is 0 Å². The second kappa shape index (κ2) is 5.02. The number of aryl methyl sites for hydroxylation is 2. The Hall–Kier alpha value is -1.26. The number of aliphatic hydroxyl groups is 1. The van der Waals surface area contributed by atoms with E-state index < -0.39 is 6.10 Å². The van der Waals surface area contributed by atoms with E-state index in [0.29, 0.717) is 0 Å².